The van der Waals surface area contributed by atoms with Crippen LogP contribution >= 0.6 is 0 Å². The fourth-order valence-electron chi connectivity index (χ4n) is 3.74. The van der Waals surface area contributed by atoms with Crippen molar-refractivity contribution in [2.45, 2.75) is 60.4 Å². The first kappa shape index (κ1) is 42.8. The minimum absolute atomic E-state index is 0. The van der Waals surface area contributed by atoms with Gasteiger partial charge in [0.2, 0.25) is 5.91 Å². The van der Waals surface area contributed by atoms with E-state index in [1.54, 1.807) is 27.0 Å². The highest BCUT2D eigenvalue weighted by molar-refractivity contribution is 5.91. The van der Waals surface area contributed by atoms with E-state index in [9.17, 15) is 14.4 Å². The van der Waals surface area contributed by atoms with Gasteiger partial charge in [0.1, 0.15) is 11.5 Å². The summed E-state index contributed by atoms with van der Waals surface area (Å²) in [5.41, 5.74) is 9.18. The van der Waals surface area contributed by atoms with Gasteiger partial charge in [0, 0.05) is 22.8 Å². The van der Waals surface area contributed by atoms with Crippen molar-refractivity contribution in [1.29, 1.82) is 0 Å². The lowest BCUT2D eigenvalue weighted by molar-refractivity contribution is -0.143. The number of rotatable bonds is 15. The molecule has 0 saturated heterocycles. The number of benzene rings is 3. The average Bonchev–Trinajstić information content (AvgIpc) is 3.00. The lowest BCUT2D eigenvalue weighted by atomic mass is 10.1. The van der Waals surface area contributed by atoms with Crippen LogP contribution < -0.4 is 20.5 Å². The molecule has 0 unspecified atom stereocenters. The number of carbonyl (C=O) groups is 3. The van der Waals surface area contributed by atoms with Gasteiger partial charge >= 0.3 is 5.97 Å². The second kappa shape index (κ2) is 25.0. The molecule has 1 atom stereocenters. The fourth-order valence-corrected chi connectivity index (χ4v) is 3.74. The zero-order valence-corrected chi connectivity index (χ0v) is 25.3. The van der Waals surface area contributed by atoms with Gasteiger partial charge in [-0.25, -0.2) is 0 Å². The van der Waals surface area contributed by atoms with E-state index < -0.39 is 6.04 Å². The predicted octanol–water partition coefficient (Wildman–Crippen LogP) is 6.07. The molecule has 9 heteroatoms. The summed E-state index contributed by atoms with van der Waals surface area (Å²) in [6, 6.07) is 24.4. The number of nitrogens with one attached hydrogen (secondary N) is 1. The summed E-state index contributed by atoms with van der Waals surface area (Å²) in [6.45, 7) is 4.68. The van der Waals surface area contributed by atoms with Gasteiger partial charge in [0.15, 0.2) is 5.78 Å². The molecule has 45 heavy (non-hydrogen) atoms. The van der Waals surface area contributed by atoms with Crippen LogP contribution in [0.25, 0.3) is 6.08 Å². The van der Waals surface area contributed by atoms with Gasteiger partial charge in [-0.15, -0.1) is 0 Å². The summed E-state index contributed by atoms with van der Waals surface area (Å²) in [6.07, 6.45) is 5.48. The van der Waals surface area contributed by atoms with Gasteiger partial charge < -0.3 is 25.3 Å². The molecule has 0 saturated carbocycles. The van der Waals surface area contributed by atoms with Crippen LogP contribution in [0.4, 0.5) is 0 Å². The summed E-state index contributed by atoms with van der Waals surface area (Å²) in [5, 5.41) is 2.89. The fraction of sp³-hybridized carbons (Fsp3) is 0.361. The maximum Gasteiger partial charge on any atom is 0.305 e. The van der Waals surface area contributed by atoms with Gasteiger partial charge in [-0.3, -0.25) is 14.4 Å². The highest BCUT2D eigenvalue weighted by Gasteiger charge is 2.13. The van der Waals surface area contributed by atoms with Crippen LogP contribution in [0.5, 0.6) is 11.5 Å². The Kier molecular flexibility index (Phi) is 23.8. The molecule has 8 nitrogen and oxygen atoms in total. The number of methoxy groups -OCH3 is 1. The van der Waals surface area contributed by atoms with Crippen LogP contribution in [-0.2, 0) is 32.0 Å². The van der Waals surface area contributed by atoms with Crippen LogP contribution in [0.1, 0.15) is 59.7 Å². The number of ether oxygens (including phenoxy) is 3. The Bertz CT molecular complexity index is 1260. The topological polar surface area (TPSA) is 117 Å². The minimum atomic E-state index is -0.618. The molecule has 3 radical (unpaired) electrons. The Hall–Kier alpha value is -4.37. The second-order valence-corrected chi connectivity index (χ2v) is 9.46. The molecule has 0 aliphatic rings. The Morgan fingerprint density at radius 3 is 2.09 bits per heavy atom. The Morgan fingerprint density at radius 1 is 0.911 bits per heavy atom. The molecule has 3 N–H and O–H groups in total. The van der Waals surface area contributed by atoms with Crippen molar-refractivity contribution in [1.82, 2.24) is 5.32 Å². The van der Waals surface area contributed by atoms with Gasteiger partial charge in [-0.05, 0) is 80.1 Å². The monoisotopic (exact) mass is 620 g/mol. The molecule has 0 aliphatic carbocycles. The SMILES string of the molecule is C.C.CC(=O)/C=C/c1ccccc1.CCOC(=O)CCCOc1ccc(C[C@H](N)C(=O)NCCc2ccc(OC)cc2)cc1.[2HH].[B]. The number of carbonyl (C=O) groups excluding carboxylic acids is 3. The minimum Gasteiger partial charge on any atom is -0.497 e. The Labute approximate surface area is 273 Å². The first-order valence-corrected chi connectivity index (χ1v) is 14.1. The molecular weight excluding hydrogens is 567 g/mol. The molecular formula is C36H52BN2O6. The first-order valence-electron chi connectivity index (χ1n) is 14.1. The molecule has 3 aromatic rings. The molecule has 3 rings (SSSR count). The van der Waals surface area contributed by atoms with E-state index in [2.05, 4.69) is 5.32 Å². The normalized spacial score (nSPS) is 10.4. The van der Waals surface area contributed by atoms with Crippen LogP contribution in [0.2, 0.25) is 0 Å². The first-order chi connectivity index (χ1) is 20.3. The standard InChI is InChI=1S/C24H32N2O5.C10H10O.2CH4.B.H2/c1-3-30-23(27)5-4-16-31-21-12-8-19(9-13-21)17-22(25)24(28)26-15-14-18-6-10-20(29-2)11-7-18;1-9(11)7-8-10-5-3-2-4-6-10;;;;/h6-13,22H,3-5,14-17,25H2,1-2H3,(H,26,28);2-8H,1H3;2*1H4;;1H/b;8-7+;;;;/t22-;;;;;/m0...../s1/i;;;;;1+1. The van der Waals surface area contributed by atoms with Crippen molar-refractivity contribution in [3.63, 3.8) is 0 Å². The van der Waals surface area contributed by atoms with Crippen LogP contribution in [0, 0.1) is 0 Å². The third kappa shape index (κ3) is 18.8. The van der Waals surface area contributed by atoms with E-state index in [0.717, 1.165) is 28.9 Å². The molecule has 0 aromatic heterocycles. The molecule has 0 fully saturated rings. The number of hydrogen-bond acceptors (Lipinski definition) is 7. The zero-order valence-electron chi connectivity index (χ0n) is 25.3. The van der Waals surface area contributed by atoms with E-state index in [1.807, 2.05) is 84.9 Å². The number of nitrogens with two attached hydrogens (primary N) is 1. The van der Waals surface area contributed by atoms with Crippen molar-refractivity contribution >= 4 is 32.1 Å². The quantitative estimate of drug-likeness (QED) is 0.0917. The largest absolute Gasteiger partial charge is 0.497 e. The van der Waals surface area contributed by atoms with E-state index >= 15 is 0 Å². The highest BCUT2D eigenvalue weighted by atomic mass is 16.5. The van der Waals surface area contributed by atoms with E-state index in [1.165, 1.54) is 0 Å². The summed E-state index contributed by atoms with van der Waals surface area (Å²) >= 11 is 0. The summed E-state index contributed by atoms with van der Waals surface area (Å²) < 4.78 is 15.6. The number of ketones is 1. The summed E-state index contributed by atoms with van der Waals surface area (Å²) in [7, 11) is 1.63. The van der Waals surface area contributed by atoms with Crippen LogP contribution in [0.15, 0.2) is 84.9 Å². The van der Waals surface area contributed by atoms with Crippen LogP contribution in [-0.4, -0.2) is 59.0 Å². The Balaban J connectivity index is -0.00000105. The summed E-state index contributed by atoms with van der Waals surface area (Å²) in [4.78, 5) is 34.1. The summed E-state index contributed by atoms with van der Waals surface area (Å²) in [5.74, 6) is 1.22. The number of amides is 1. The van der Waals surface area contributed by atoms with Gasteiger partial charge in [-0.1, -0.05) is 75.5 Å². The van der Waals surface area contributed by atoms with E-state index in [-0.39, 0.29) is 42.4 Å². The van der Waals surface area contributed by atoms with Gasteiger partial charge in [-0.2, -0.15) is 0 Å². The van der Waals surface area contributed by atoms with Gasteiger partial charge in [0.05, 0.1) is 26.4 Å². The second-order valence-electron chi connectivity index (χ2n) is 9.46. The van der Waals surface area contributed by atoms with Crippen molar-refractivity contribution in [2.75, 3.05) is 26.9 Å². The van der Waals surface area contributed by atoms with Crippen molar-refractivity contribution < 1.29 is 30.0 Å². The predicted molar refractivity (Wildman–Crippen MR) is 187 cm³/mol. The molecule has 0 bridgehead atoms. The lowest BCUT2D eigenvalue weighted by Crippen LogP contribution is -2.42. The average molecular weight is 621 g/mol. The molecule has 245 valence electrons. The van der Waals surface area contributed by atoms with Crippen molar-refractivity contribution in [3.05, 3.63) is 102 Å². The lowest BCUT2D eigenvalue weighted by Gasteiger charge is -2.13. The Morgan fingerprint density at radius 2 is 1.51 bits per heavy atom. The van der Waals surface area contributed by atoms with E-state index in [0.29, 0.717) is 44.8 Å². The van der Waals surface area contributed by atoms with Crippen LogP contribution in [0.3, 0.4) is 0 Å². The molecule has 0 heterocycles. The smallest absolute Gasteiger partial charge is 0.305 e. The van der Waals surface area contributed by atoms with Crippen molar-refractivity contribution in [3.8, 4) is 11.5 Å². The number of hydrogen-bond donors (Lipinski definition) is 2. The third-order valence-electron chi connectivity index (χ3n) is 6.00. The maximum atomic E-state index is 12.3. The van der Waals surface area contributed by atoms with Gasteiger partial charge in [0.25, 0.3) is 0 Å². The molecule has 0 spiro atoms. The number of allylic oxidation sites excluding steroid dienone is 1. The molecule has 0 aliphatic heterocycles. The third-order valence-corrected chi connectivity index (χ3v) is 6.00. The highest BCUT2D eigenvalue weighted by Crippen LogP contribution is 2.14. The number of esters is 1. The zero-order chi connectivity index (χ0) is 30.6. The molecule has 3 aromatic carbocycles. The van der Waals surface area contributed by atoms with E-state index in [4.69, 9.17) is 19.9 Å². The maximum absolute atomic E-state index is 12.3. The van der Waals surface area contributed by atoms with Crippen molar-refractivity contribution in [2.24, 2.45) is 5.73 Å². The molecule has 1 amide bonds.